The summed E-state index contributed by atoms with van der Waals surface area (Å²) < 4.78 is 5.32. The summed E-state index contributed by atoms with van der Waals surface area (Å²) in [4.78, 5) is 16.1. The van der Waals surface area contributed by atoms with E-state index in [1.807, 2.05) is 54.6 Å². The van der Waals surface area contributed by atoms with Crippen molar-refractivity contribution in [3.8, 4) is 5.75 Å². The van der Waals surface area contributed by atoms with Crippen LogP contribution in [0.25, 0.3) is 0 Å². The molecule has 0 unspecified atom stereocenters. The zero-order valence-electron chi connectivity index (χ0n) is 15.0. The van der Waals surface area contributed by atoms with Crippen LogP contribution in [0, 0.1) is 0 Å². The van der Waals surface area contributed by atoms with Gasteiger partial charge in [-0.3, -0.25) is 9.79 Å². The number of rotatable bonds is 7. The molecule has 1 amide bonds. The number of carbonyl (C=O) groups excluding carboxylic acids is 1. The highest BCUT2D eigenvalue weighted by molar-refractivity contribution is 14.0. The van der Waals surface area contributed by atoms with Crippen LogP contribution in [0.4, 0.5) is 0 Å². The molecule has 7 heteroatoms. The van der Waals surface area contributed by atoms with Crippen molar-refractivity contribution in [2.45, 2.75) is 13.1 Å². The molecule has 0 spiro atoms. The quantitative estimate of drug-likeness (QED) is 0.331. The van der Waals surface area contributed by atoms with Gasteiger partial charge in [0.25, 0.3) is 0 Å². The fraction of sp³-hybridized carbons (Fsp3) is 0.263. The van der Waals surface area contributed by atoms with E-state index in [1.165, 1.54) is 0 Å². The van der Waals surface area contributed by atoms with Gasteiger partial charge in [-0.1, -0.05) is 48.5 Å². The van der Waals surface area contributed by atoms with Crippen LogP contribution in [0.2, 0.25) is 0 Å². The van der Waals surface area contributed by atoms with E-state index in [0.717, 1.165) is 16.9 Å². The molecular weight excluding hydrogens is 443 g/mol. The standard InChI is InChI=1S/C19H24N4O2.HI/c1-20-19(22-13-16-10-6-7-11-17(16)25-2)23-14-18(24)21-12-15-8-4-3-5-9-15;/h3-11H,12-14H2,1-2H3,(H,21,24)(H2,20,22,23);1H. The van der Waals surface area contributed by atoms with Crippen LogP contribution in [0.5, 0.6) is 5.75 Å². The van der Waals surface area contributed by atoms with E-state index in [9.17, 15) is 4.79 Å². The number of guanidine groups is 1. The van der Waals surface area contributed by atoms with Gasteiger partial charge in [-0.05, 0) is 11.6 Å². The number of hydrogen-bond donors (Lipinski definition) is 3. The second kappa shape index (κ2) is 12.1. The monoisotopic (exact) mass is 468 g/mol. The highest BCUT2D eigenvalue weighted by atomic mass is 127. The number of aliphatic imine (C=N–C) groups is 1. The highest BCUT2D eigenvalue weighted by Crippen LogP contribution is 2.16. The first-order chi connectivity index (χ1) is 12.2. The van der Waals surface area contributed by atoms with Crippen LogP contribution in [-0.2, 0) is 17.9 Å². The Morgan fingerprint density at radius 2 is 1.65 bits per heavy atom. The van der Waals surface area contributed by atoms with E-state index >= 15 is 0 Å². The maximum absolute atomic E-state index is 11.9. The lowest BCUT2D eigenvalue weighted by Crippen LogP contribution is -2.42. The Labute approximate surface area is 171 Å². The summed E-state index contributed by atoms with van der Waals surface area (Å²) in [7, 11) is 3.31. The number of hydrogen-bond acceptors (Lipinski definition) is 3. The number of para-hydroxylation sites is 1. The molecule has 0 fully saturated rings. The van der Waals surface area contributed by atoms with E-state index < -0.39 is 0 Å². The van der Waals surface area contributed by atoms with Gasteiger partial charge in [-0.15, -0.1) is 24.0 Å². The Morgan fingerprint density at radius 3 is 2.35 bits per heavy atom. The summed E-state index contributed by atoms with van der Waals surface area (Å²) in [6.45, 7) is 1.21. The molecule has 2 aromatic carbocycles. The molecule has 0 aromatic heterocycles. The third-order valence-electron chi connectivity index (χ3n) is 3.61. The van der Waals surface area contributed by atoms with Crippen LogP contribution in [-0.4, -0.2) is 32.6 Å². The lowest BCUT2D eigenvalue weighted by Gasteiger charge is -2.13. The number of halogens is 1. The van der Waals surface area contributed by atoms with Crippen LogP contribution in [0.15, 0.2) is 59.6 Å². The van der Waals surface area contributed by atoms with Gasteiger partial charge in [-0.2, -0.15) is 0 Å². The van der Waals surface area contributed by atoms with Gasteiger partial charge in [0.2, 0.25) is 5.91 Å². The predicted molar refractivity (Wildman–Crippen MR) is 115 cm³/mol. The Hall–Kier alpha value is -2.29. The molecular formula is C19H25IN4O2. The fourth-order valence-corrected chi connectivity index (χ4v) is 2.27. The summed E-state index contributed by atoms with van der Waals surface area (Å²) in [6.07, 6.45) is 0. The molecule has 2 aromatic rings. The summed E-state index contributed by atoms with van der Waals surface area (Å²) in [6, 6.07) is 17.6. The summed E-state index contributed by atoms with van der Waals surface area (Å²) in [5.74, 6) is 1.27. The van der Waals surface area contributed by atoms with E-state index in [-0.39, 0.29) is 36.4 Å². The fourth-order valence-electron chi connectivity index (χ4n) is 2.27. The number of amides is 1. The number of methoxy groups -OCH3 is 1. The third-order valence-corrected chi connectivity index (χ3v) is 3.61. The Balaban J connectivity index is 0.00000338. The molecule has 0 aliphatic carbocycles. The van der Waals surface area contributed by atoms with Crippen LogP contribution < -0.4 is 20.7 Å². The zero-order chi connectivity index (χ0) is 17.9. The first-order valence-corrected chi connectivity index (χ1v) is 8.10. The van der Waals surface area contributed by atoms with Gasteiger partial charge in [0.15, 0.2) is 5.96 Å². The van der Waals surface area contributed by atoms with E-state index in [1.54, 1.807) is 14.2 Å². The molecule has 140 valence electrons. The predicted octanol–water partition coefficient (Wildman–Crippen LogP) is 2.29. The minimum Gasteiger partial charge on any atom is -0.496 e. The number of ether oxygens (including phenoxy) is 1. The lowest BCUT2D eigenvalue weighted by molar-refractivity contribution is -0.120. The number of nitrogens with zero attached hydrogens (tertiary/aromatic N) is 1. The van der Waals surface area contributed by atoms with Crippen molar-refractivity contribution in [3.05, 3.63) is 65.7 Å². The Morgan fingerprint density at radius 1 is 0.962 bits per heavy atom. The van der Waals surface area contributed by atoms with Crippen molar-refractivity contribution < 1.29 is 9.53 Å². The maximum Gasteiger partial charge on any atom is 0.239 e. The lowest BCUT2D eigenvalue weighted by atomic mass is 10.2. The van der Waals surface area contributed by atoms with E-state index in [2.05, 4.69) is 20.9 Å². The van der Waals surface area contributed by atoms with Crippen molar-refractivity contribution in [1.29, 1.82) is 0 Å². The molecule has 0 heterocycles. The normalized spacial score (nSPS) is 10.5. The SMILES string of the molecule is CN=C(NCC(=O)NCc1ccccc1)NCc1ccccc1OC.I. The van der Waals surface area contributed by atoms with Crippen molar-refractivity contribution in [2.75, 3.05) is 20.7 Å². The van der Waals surface area contributed by atoms with Gasteiger partial charge in [-0.25, -0.2) is 0 Å². The van der Waals surface area contributed by atoms with E-state index in [4.69, 9.17) is 4.74 Å². The Bertz CT molecular complexity index is 708. The average Bonchev–Trinajstić information content (AvgIpc) is 2.67. The van der Waals surface area contributed by atoms with Crippen molar-refractivity contribution >= 4 is 35.8 Å². The first kappa shape index (κ1) is 21.8. The summed E-state index contributed by atoms with van der Waals surface area (Å²) in [5, 5.41) is 9.03. The zero-order valence-corrected chi connectivity index (χ0v) is 17.3. The maximum atomic E-state index is 11.9. The largest absolute Gasteiger partial charge is 0.496 e. The smallest absolute Gasteiger partial charge is 0.239 e. The highest BCUT2D eigenvalue weighted by Gasteiger charge is 2.05. The molecule has 0 saturated carbocycles. The first-order valence-electron chi connectivity index (χ1n) is 8.10. The number of benzene rings is 2. The van der Waals surface area contributed by atoms with Gasteiger partial charge in [0.1, 0.15) is 5.75 Å². The molecule has 0 bridgehead atoms. The van der Waals surface area contributed by atoms with Crippen LogP contribution in [0.1, 0.15) is 11.1 Å². The molecule has 3 N–H and O–H groups in total. The van der Waals surface area contributed by atoms with Gasteiger partial charge in [0, 0.05) is 25.7 Å². The van der Waals surface area contributed by atoms with Gasteiger partial charge < -0.3 is 20.7 Å². The minimum atomic E-state index is -0.0934. The second-order valence-electron chi connectivity index (χ2n) is 5.35. The second-order valence-corrected chi connectivity index (χ2v) is 5.35. The van der Waals surface area contributed by atoms with Crippen LogP contribution >= 0.6 is 24.0 Å². The number of nitrogens with one attached hydrogen (secondary N) is 3. The number of carbonyl (C=O) groups is 1. The Kier molecular flexibility index (Phi) is 10.1. The van der Waals surface area contributed by atoms with Gasteiger partial charge >= 0.3 is 0 Å². The van der Waals surface area contributed by atoms with Gasteiger partial charge in [0.05, 0.1) is 13.7 Å². The third kappa shape index (κ3) is 7.30. The summed E-state index contributed by atoms with van der Waals surface area (Å²) in [5.41, 5.74) is 2.08. The molecule has 0 atom stereocenters. The molecule has 0 radical (unpaired) electrons. The molecule has 0 saturated heterocycles. The minimum absolute atomic E-state index is 0. The van der Waals surface area contributed by atoms with Crippen molar-refractivity contribution in [1.82, 2.24) is 16.0 Å². The molecule has 26 heavy (non-hydrogen) atoms. The van der Waals surface area contributed by atoms with E-state index in [0.29, 0.717) is 19.0 Å². The average molecular weight is 468 g/mol. The molecule has 0 aliphatic heterocycles. The van der Waals surface area contributed by atoms with Crippen molar-refractivity contribution in [3.63, 3.8) is 0 Å². The molecule has 0 aliphatic rings. The molecule has 6 nitrogen and oxygen atoms in total. The summed E-state index contributed by atoms with van der Waals surface area (Å²) >= 11 is 0. The van der Waals surface area contributed by atoms with Crippen molar-refractivity contribution in [2.24, 2.45) is 4.99 Å². The molecule has 2 rings (SSSR count). The topological polar surface area (TPSA) is 74.8 Å². The van der Waals surface area contributed by atoms with Crippen LogP contribution in [0.3, 0.4) is 0 Å².